The van der Waals surface area contributed by atoms with Gasteiger partial charge in [-0.15, -0.1) is 0 Å². The van der Waals surface area contributed by atoms with Crippen LogP contribution >= 0.6 is 10.9 Å². The fourth-order valence-electron chi connectivity index (χ4n) is 2.04. The number of ketones is 1. The zero-order valence-corrected chi connectivity index (χ0v) is 11.8. The Bertz CT molecular complexity index is 517. The molecule has 1 heterocycles. The summed E-state index contributed by atoms with van der Waals surface area (Å²) < 4.78 is 0. The Morgan fingerprint density at radius 2 is 2.05 bits per heavy atom. The van der Waals surface area contributed by atoms with Gasteiger partial charge in [-0.1, -0.05) is 43.3 Å². The Morgan fingerprint density at radius 1 is 1.32 bits per heavy atom. The van der Waals surface area contributed by atoms with Crippen molar-refractivity contribution in [2.45, 2.75) is 13.3 Å². The summed E-state index contributed by atoms with van der Waals surface area (Å²) >= 11 is 0. The molecule has 2 rings (SSSR count). The summed E-state index contributed by atoms with van der Waals surface area (Å²) in [6.07, 6.45) is 5.69. The third-order valence-corrected chi connectivity index (χ3v) is 5.61. The van der Waals surface area contributed by atoms with Crippen LogP contribution in [0.4, 0.5) is 0 Å². The number of aldehydes is 1. The zero-order chi connectivity index (χ0) is 13.7. The maximum atomic E-state index is 12.4. The second kappa shape index (κ2) is 6.53. The van der Waals surface area contributed by atoms with E-state index in [9.17, 15) is 9.59 Å². The van der Waals surface area contributed by atoms with Crippen molar-refractivity contribution in [3.05, 3.63) is 58.4 Å². The number of thiol groups is 1. The van der Waals surface area contributed by atoms with Crippen LogP contribution in [0, 0.1) is 5.92 Å². The van der Waals surface area contributed by atoms with Crippen LogP contribution in [0.2, 0.25) is 0 Å². The lowest BCUT2D eigenvalue weighted by Crippen LogP contribution is -2.10. The largest absolute Gasteiger partial charge is 0.303 e. The van der Waals surface area contributed by atoms with Crippen LogP contribution in [0.3, 0.4) is 0 Å². The SMILES string of the molecule is CCC(C=O)C[SH]1C=CC=C1C(=O)c1ccccc1. The van der Waals surface area contributed by atoms with Gasteiger partial charge in [-0.3, -0.25) is 4.79 Å². The Hall–Kier alpha value is -1.61. The molecule has 1 aliphatic heterocycles. The molecule has 0 spiro atoms. The predicted octanol–water partition coefficient (Wildman–Crippen LogP) is 3.51. The van der Waals surface area contributed by atoms with Crippen LogP contribution in [0.1, 0.15) is 23.7 Å². The Morgan fingerprint density at radius 3 is 2.68 bits per heavy atom. The van der Waals surface area contributed by atoms with Gasteiger partial charge in [-0.2, -0.15) is 0 Å². The first-order valence-electron chi connectivity index (χ1n) is 6.46. The van der Waals surface area contributed by atoms with Gasteiger partial charge < -0.3 is 4.79 Å². The average Bonchev–Trinajstić information content (AvgIpc) is 2.93. The second-order valence-electron chi connectivity index (χ2n) is 4.55. The fraction of sp³-hybridized carbons (Fsp3) is 0.250. The summed E-state index contributed by atoms with van der Waals surface area (Å²) in [4.78, 5) is 24.2. The quantitative estimate of drug-likeness (QED) is 0.489. The summed E-state index contributed by atoms with van der Waals surface area (Å²) in [7, 11) is -0.623. The third-order valence-electron chi connectivity index (χ3n) is 3.25. The monoisotopic (exact) mass is 274 g/mol. The van der Waals surface area contributed by atoms with E-state index in [0.717, 1.165) is 28.9 Å². The molecule has 0 N–H and O–H groups in total. The molecule has 3 heteroatoms. The van der Waals surface area contributed by atoms with Gasteiger partial charge >= 0.3 is 0 Å². The molecule has 0 aromatic heterocycles. The van der Waals surface area contributed by atoms with E-state index in [1.807, 2.05) is 49.4 Å². The number of hydrogen-bond donors (Lipinski definition) is 1. The van der Waals surface area contributed by atoms with Crippen molar-refractivity contribution < 1.29 is 9.59 Å². The van der Waals surface area contributed by atoms with E-state index in [2.05, 4.69) is 5.41 Å². The smallest absolute Gasteiger partial charge is 0.197 e. The van der Waals surface area contributed by atoms with Crippen LogP contribution in [-0.2, 0) is 4.79 Å². The lowest BCUT2D eigenvalue weighted by atomic mass is 10.1. The number of hydrogen-bond acceptors (Lipinski definition) is 2. The van der Waals surface area contributed by atoms with Crippen molar-refractivity contribution in [1.29, 1.82) is 0 Å². The van der Waals surface area contributed by atoms with Crippen LogP contribution < -0.4 is 0 Å². The van der Waals surface area contributed by atoms with Crippen molar-refractivity contribution in [3.63, 3.8) is 0 Å². The molecule has 19 heavy (non-hydrogen) atoms. The second-order valence-corrected chi connectivity index (χ2v) is 6.63. The van der Waals surface area contributed by atoms with Crippen molar-refractivity contribution in [2.75, 3.05) is 5.75 Å². The molecule has 0 amide bonds. The van der Waals surface area contributed by atoms with E-state index in [-0.39, 0.29) is 11.7 Å². The summed E-state index contributed by atoms with van der Waals surface area (Å²) in [6.45, 7) is 2.01. The van der Waals surface area contributed by atoms with Gasteiger partial charge in [-0.25, -0.2) is 10.9 Å². The van der Waals surface area contributed by atoms with Crippen molar-refractivity contribution >= 4 is 23.0 Å². The zero-order valence-electron chi connectivity index (χ0n) is 11.0. The molecule has 1 aromatic rings. The summed E-state index contributed by atoms with van der Waals surface area (Å²) in [5.74, 6) is 0.939. The first kappa shape index (κ1) is 13.8. The van der Waals surface area contributed by atoms with Gasteiger partial charge in [0.2, 0.25) is 0 Å². The molecular formula is C16H18O2S. The minimum atomic E-state index is -0.623. The summed E-state index contributed by atoms with van der Waals surface area (Å²) in [5, 5.41) is 2.08. The highest BCUT2D eigenvalue weighted by molar-refractivity contribution is 8.23. The van der Waals surface area contributed by atoms with Gasteiger partial charge in [0.1, 0.15) is 6.29 Å². The standard InChI is InChI=1S/C16H18O2S/c1-2-13(11-17)12-19-10-6-9-15(19)16(18)14-7-4-3-5-8-14/h3-11,13,19H,2,12H2,1H3. The van der Waals surface area contributed by atoms with Gasteiger partial charge in [0.15, 0.2) is 5.78 Å². The molecule has 0 bridgehead atoms. The molecule has 0 aliphatic carbocycles. The van der Waals surface area contributed by atoms with E-state index in [0.29, 0.717) is 0 Å². The fourth-order valence-corrected chi connectivity index (χ4v) is 4.33. The minimum Gasteiger partial charge on any atom is -0.303 e. The lowest BCUT2D eigenvalue weighted by Gasteiger charge is -2.20. The number of carbonyl (C=O) groups is 2. The van der Waals surface area contributed by atoms with Crippen LogP contribution in [0.15, 0.2) is 52.8 Å². The maximum absolute atomic E-state index is 12.4. The molecule has 0 fully saturated rings. The van der Waals surface area contributed by atoms with Gasteiger partial charge in [0, 0.05) is 16.4 Å². The topological polar surface area (TPSA) is 34.1 Å². The summed E-state index contributed by atoms with van der Waals surface area (Å²) in [5.41, 5.74) is 0.726. The Balaban J connectivity index is 2.12. The molecule has 2 nitrogen and oxygen atoms in total. The highest BCUT2D eigenvalue weighted by Gasteiger charge is 2.22. The maximum Gasteiger partial charge on any atom is 0.197 e. The van der Waals surface area contributed by atoms with Crippen LogP contribution in [0.5, 0.6) is 0 Å². The number of allylic oxidation sites excluding steroid dienone is 3. The highest BCUT2D eigenvalue weighted by Crippen LogP contribution is 2.44. The molecule has 0 radical (unpaired) electrons. The van der Waals surface area contributed by atoms with Crippen molar-refractivity contribution in [1.82, 2.24) is 0 Å². The van der Waals surface area contributed by atoms with E-state index in [1.54, 1.807) is 0 Å². The van der Waals surface area contributed by atoms with Gasteiger partial charge in [-0.05, 0) is 23.7 Å². The predicted molar refractivity (Wildman–Crippen MR) is 81.7 cm³/mol. The molecular weight excluding hydrogens is 256 g/mol. The van der Waals surface area contributed by atoms with Gasteiger partial charge in [0.25, 0.3) is 0 Å². The minimum absolute atomic E-state index is 0.0563. The van der Waals surface area contributed by atoms with E-state index < -0.39 is 10.9 Å². The molecule has 0 saturated carbocycles. The Kier molecular flexibility index (Phi) is 4.74. The van der Waals surface area contributed by atoms with E-state index in [1.165, 1.54) is 0 Å². The normalized spacial score (nSPS) is 20.9. The molecule has 2 atom stereocenters. The first-order valence-corrected chi connectivity index (χ1v) is 8.06. The molecule has 1 aromatic carbocycles. The van der Waals surface area contributed by atoms with E-state index >= 15 is 0 Å². The summed E-state index contributed by atoms with van der Waals surface area (Å²) in [6, 6.07) is 9.33. The third kappa shape index (κ3) is 3.24. The number of Topliss-reactive ketones (excluding diaryl/α,β-unsaturated/α-hetero) is 1. The van der Waals surface area contributed by atoms with Gasteiger partial charge in [0.05, 0.1) is 0 Å². The average molecular weight is 274 g/mol. The highest BCUT2D eigenvalue weighted by atomic mass is 32.2. The number of benzene rings is 1. The van der Waals surface area contributed by atoms with Crippen LogP contribution in [0.25, 0.3) is 0 Å². The number of rotatable bonds is 6. The number of carbonyl (C=O) groups excluding carboxylic acids is 2. The molecule has 100 valence electrons. The lowest BCUT2D eigenvalue weighted by molar-refractivity contribution is -0.110. The molecule has 2 unspecified atom stereocenters. The van der Waals surface area contributed by atoms with Crippen molar-refractivity contribution in [2.24, 2.45) is 5.92 Å². The van der Waals surface area contributed by atoms with E-state index in [4.69, 9.17) is 0 Å². The first-order chi connectivity index (χ1) is 9.26. The molecule has 1 aliphatic rings. The van der Waals surface area contributed by atoms with Crippen molar-refractivity contribution in [3.8, 4) is 0 Å². The Labute approximate surface area is 116 Å². The molecule has 0 saturated heterocycles. The van der Waals surface area contributed by atoms with Crippen LogP contribution in [-0.4, -0.2) is 17.8 Å².